The van der Waals surface area contributed by atoms with Crippen molar-refractivity contribution >= 4 is 11.9 Å². The van der Waals surface area contributed by atoms with Crippen LogP contribution in [0.15, 0.2) is 18.2 Å². The molecule has 0 aliphatic heterocycles. The van der Waals surface area contributed by atoms with Gasteiger partial charge in [-0.05, 0) is 56.9 Å². The minimum Gasteiger partial charge on any atom is -0.493 e. The average molecular weight is 305 g/mol. The van der Waals surface area contributed by atoms with Gasteiger partial charge in [-0.25, -0.2) is 4.79 Å². The lowest BCUT2D eigenvalue weighted by molar-refractivity contribution is -0.150. The van der Waals surface area contributed by atoms with E-state index in [0.29, 0.717) is 0 Å². The monoisotopic (exact) mass is 305 g/mol. The molecule has 1 saturated carbocycles. The van der Waals surface area contributed by atoms with Crippen molar-refractivity contribution < 1.29 is 19.4 Å². The Balaban J connectivity index is 1.89. The average Bonchev–Trinajstić information content (AvgIpc) is 3.22. The van der Waals surface area contributed by atoms with Gasteiger partial charge in [-0.2, -0.15) is 0 Å². The smallest absolute Gasteiger partial charge is 0.326 e. The first-order chi connectivity index (χ1) is 10.4. The molecule has 0 aromatic heterocycles. The standard InChI is InChI=1S/C17H23NO4/c1-11-8-12(2)10-15(9-11)22-7-6-16(19)18(14-4-5-14)13(3)17(20)21/h8-10,13-14H,4-7H2,1-3H3,(H,20,21). The SMILES string of the molecule is Cc1cc(C)cc(OCCC(=O)N(C2CC2)C(C)C(=O)O)c1. The van der Waals surface area contributed by atoms with E-state index in [2.05, 4.69) is 6.07 Å². The Morgan fingerprint density at radius 3 is 2.36 bits per heavy atom. The number of hydrogen-bond acceptors (Lipinski definition) is 3. The number of carboxylic acids is 1. The van der Waals surface area contributed by atoms with Crippen LogP contribution in [0, 0.1) is 13.8 Å². The summed E-state index contributed by atoms with van der Waals surface area (Å²) in [5.41, 5.74) is 2.22. The van der Waals surface area contributed by atoms with Crippen LogP contribution in [0.3, 0.4) is 0 Å². The van der Waals surface area contributed by atoms with Gasteiger partial charge in [0.05, 0.1) is 13.0 Å². The molecule has 5 nitrogen and oxygen atoms in total. The van der Waals surface area contributed by atoms with Crippen LogP contribution in [0.25, 0.3) is 0 Å². The number of aryl methyl sites for hydroxylation is 2. The molecule has 1 unspecified atom stereocenters. The van der Waals surface area contributed by atoms with E-state index in [1.165, 1.54) is 4.90 Å². The highest BCUT2D eigenvalue weighted by Gasteiger charge is 2.37. The normalized spacial score (nSPS) is 15.2. The molecule has 1 amide bonds. The summed E-state index contributed by atoms with van der Waals surface area (Å²) in [7, 11) is 0. The number of hydrogen-bond donors (Lipinski definition) is 1. The van der Waals surface area contributed by atoms with E-state index in [0.717, 1.165) is 29.7 Å². The summed E-state index contributed by atoms with van der Waals surface area (Å²) in [5, 5.41) is 9.12. The molecular weight excluding hydrogens is 282 g/mol. The van der Waals surface area contributed by atoms with E-state index < -0.39 is 12.0 Å². The van der Waals surface area contributed by atoms with Gasteiger partial charge in [0.15, 0.2) is 0 Å². The highest BCUT2D eigenvalue weighted by molar-refractivity contribution is 5.84. The number of nitrogens with zero attached hydrogens (tertiary/aromatic N) is 1. The lowest BCUT2D eigenvalue weighted by Crippen LogP contribution is -2.45. The first-order valence-electron chi connectivity index (χ1n) is 7.63. The van der Waals surface area contributed by atoms with Crippen molar-refractivity contribution in [2.45, 2.75) is 52.1 Å². The van der Waals surface area contributed by atoms with Crippen LogP contribution < -0.4 is 4.74 Å². The van der Waals surface area contributed by atoms with Crippen LogP contribution in [0.2, 0.25) is 0 Å². The molecule has 1 aliphatic rings. The molecule has 1 atom stereocenters. The molecule has 1 aliphatic carbocycles. The maximum Gasteiger partial charge on any atom is 0.326 e. The van der Waals surface area contributed by atoms with E-state index in [1.54, 1.807) is 6.92 Å². The van der Waals surface area contributed by atoms with Gasteiger partial charge < -0.3 is 14.7 Å². The summed E-state index contributed by atoms with van der Waals surface area (Å²) >= 11 is 0. The molecule has 120 valence electrons. The fourth-order valence-corrected chi connectivity index (χ4v) is 2.61. The van der Waals surface area contributed by atoms with Gasteiger partial charge in [-0.3, -0.25) is 4.79 Å². The number of rotatable bonds is 7. The van der Waals surface area contributed by atoms with Crippen molar-refractivity contribution in [2.75, 3.05) is 6.61 Å². The van der Waals surface area contributed by atoms with Crippen LogP contribution in [-0.4, -0.2) is 40.6 Å². The minimum absolute atomic E-state index is 0.0832. The fourth-order valence-electron chi connectivity index (χ4n) is 2.61. The Morgan fingerprint density at radius 2 is 1.86 bits per heavy atom. The number of aliphatic carboxylic acids is 1. The number of benzene rings is 1. The summed E-state index contributed by atoms with van der Waals surface area (Å²) in [5.74, 6) is -0.369. The largest absolute Gasteiger partial charge is 0.493 e. The van der Waals surface area contributed by atoms with Gasteiger partial charge >= 0.3 is 5.97 Å². The highest BCUT2D eigenvalue weighted by Crippen LogP contribution is 2.29. The molecule has 0 saturated heterocycles. The lowest BCUT2D eigenvalue weighted by atomic mass is 10.1. The zero-order chi connectivity index (χ0) is 16.3. The molecule has 22 heavy (non-hydrogen) atoms. The van der Waals surface area contributed by atoms with Crippen molar-refractivity contribution in [1.29, 1.82) is 0 Å². The number of carbonyl (C=O) groups is 2. The van der Waals surface area contributed by atoms with E-state index in [4.69, 9.17) is 9.84 Å². The molecule has 0 heterocycles. The number of carboxylic acid groups (broad SMARTS) is 1. The summed E-state index contributed by atoms with van der Waals surface area (Å²) in [6, 6.07) is 5.22. The predicted octanol–water partition coefficient (Wildman–Crippen LogP) is 2.54. The lowest BCUT2D eigenvalue weighted by Gasteiger charge is -2.26. The van der Waals surface area contributed by atoms with Gasteiger partial charge in [-0.1, -0.05) is 6.07 Å². The molecule has 1 aromatic rings. The van der Waals surface area contributed by atoms with Gasteiger partial charge in [-0.15, -0.1) is 0 Å². The van der Waals surface area contributed by atoms with Gasteiger partial charge in [0.25, 0.3) is 0 Å². The number of carbonyl (C=O) groups excluding carboxylic acids is 1. The molecule has 1 N–H and O–H groups in total. The molecule has 0 radical (unpaired) electrons. The summed E-state index contributed by atoms with van der Waals surface area (Å²) in [4.78, 5) is 24.9. The van der Waals surface area contributed by atoms with E-state index in [1.807, 2.05) is 26.0 Å². The maximum absolute atomic E-state index is 12.3. The zero-order valence-corrected chi connectivity index (χ0v) is 13.3. The number of ether oxygens (including phenoxy) is 1. The van der Waals surface area contributed by atoms with E-state index in [-0.39, 0.29) is 25.0 Å². The molecule has 5 heteroatoms. The van der Waals surface area contributed by atoms with Crippen molar-refractivity contribution in [3.8, 4) is 5.75 Å². The topological polar surface area (TPSA) is 66.8 Å². The van der Waals surface area contributed by atoms with Crippen LogP contribution >= 0.6 is 0 Å². The molecular formula is C17H23NO4. The van der Waals surface area contributed by atoms with Gasteiger partial charge in [0, 0.05) is 6.04 Å². The quantitative estimate of drug-likeness (QED) is 0.840. The third-order valence-electron chi connectivity index (χ3n) is 3.78. The zero-order valence-electron chi connectivity index (χ0n) is 13.3. The van der Waals surface area contributed by atoms with Crippen molar-refractivity contribution in [3.05, 3.63) is 29.3 Å². The Bertz CT molecular complexity index is 546. The Labute approximate surface area is 130 Å². The highest BCUT2D eigenvalue weighted by atomic mass is 16.5. The van der Waals surface area contributed by atoms with Crippen LogP contribution in [0.4, 0.5) is 0 Å². The first-order valence-corrected chi connectivity index (χ1v) is 7.63. The van der Waals surface area contributed by atoms with Crippen molar-refractivity contribution in [3.63, 3.8) is 0 Å². The summed E-state index contributed by atoms with van der Waals surface area (Å²) in [6.45, 7) is 5.81. The van der Waals surface area contributed by atoms with Crippen molar-refractivity contribution in [1.82, 2.24) is 4.90 Å². The van der Waals surface area contributed by atoms with Gasteiger partial charge in [0.2, 0.25) is 5.91 Å². The molecule has 2 rings (SSSR count). The first kappa shape index (κ1) is 16.3. The predicted molar refractivity (Wildman–Crippen MR) is 83.0 cm³/mol. The van der Waals surface area contributed by atoms with E-state index in [9.17, 15) is 9.59 Å². The molecule has 0 bridgehead atoms. The fraction of sp³-hybridized carbons (Fsp3) is 0.529. The summed E-state index contributed by atoms with van der Waals surface area (Å²) in [6.07, 6.45) is 1.98. The molecule has 1 fully saturated rings. The Morgan fingerprint density at radius 1 is 1.27 bits per heavy atom. The summed E-state index contributed by atoms with van der Waals surface area (Å²) < 4.78 is 5.63. The maximum atomic E-state index is 12.3. The second-order valence-electron chi connectivity index (χ2n) is 5.97. The van der Waals surface area contributed by atoms with Crippen molar-refractivity contribution in [2.24, 2.45) is 0 Å². The third kappa shape index (κ3) is 4.23. The number of amides is 1. The second kappa shape index (κ2) is 6.81. The van der Waals surface area contributed by atoms with Crippen LogP contribution in [0.1, 0.15) is 37.3 Å². The Kier molecular flexibility index (Phi) is 5.06. The van der Waals surface area contributed by atoms with E-state index >= 15 is 0 Å². The van der Waals surface area contributed by atoms with Crippen LogP contribution in [0.5, 0.6) is 5.75 Å². The second-order valence-corrected chi connectivity index (χ2v) is 5.97. The van der Waals surface area contributed by atoms with Gasteiger partial charge in [0.1, 0.15) is 11.8 Å². The van der Waals surface area contributed by atoms with Crippen LogP contribution in [-0.2, 0) is 9.59 Å². The third-order valence-corrected chi connectivity index (χ3v) is 3.78. The molecule has 0 spiro atoms. The minimum atomic E-state index is -0.963. The molecule has 1 aromatic carbocycles. The Hall–Kier alpha value is -2.04.